The highest BCUT2D eigenvalue weighted by atomic mass is 16.5. The molecule has 4 nitrogen and oxygen atoms in total. The third-order valence-electron chi connectivity index (χ3n) is 1.36. The van der Waals surface area contributed by atoms with E-state index in [4.69, 9.17) is 5.11 Å². The minimum absolute atomic E-state index is 0.0810. The van der Waals surface area contributed by atoms with E-state index >= 15 is 0 Å². The van der Waals surface area contributed by atoms with Crippen molar-refractivity contribution in [2.45, 2.75) is 25.9 Å². The third-order valence-corrected chi connectivity index (χ3v) is 1.36. The average Bonchev–Trinajstić information content (AvgIpc) is 2.04. The van der Waals surface area contributed by atoms with Gasteiger partial charge in [-0.3, -0.25) is 9.59 Å². The molecule has 0 radical (unpaired) electrons. The molecule has 0 amide bonds. The molecule has 0 aliphatic heterocycles. The van der Waals surface area contributed by atoms with Gasteiger partial charge in [0, 0.05) is 6.42 Å². The third kappa shape index (κ3) is 6.04. The predicted molar refractivity (Wildman–Crippen MR) is 47.1 cm³/mol. The van der Waals surface area contributed by atoms with Gasteiger partial charge in [-0.1, -0.05) is 6.08 Å². The Balaban J connectivity index is 3.74. The summed E-state index contributed by atoms with van der Waals surface area (Å²) in [7, 11) is 0. The largest absolute Gasteiger partial charge is 0.466 e. The first kappa shape index (κ1) is 11.8. The van der Waals surface area contributed by atoms with E-state index in [2.05, 4.69) is 11.3 Å². The summed E-state index contributed by atoms with van der Waals surface area (Å²) >= 11 is 0. The standard InChI is InChI=1S/C9H14O4/c1-3-7(10)5-8(11)6-9(12)13-4-2/h3,7,10H,1,4-6H2,2H3. The topological polar surface area (TPSA) is 63.6 Å². The summed E-state index contributed by atoms with van der Waals surface area (Å²) in [5, 5.41) is 8.98. The van der Waals surface area contributed by atoms with Gasteiger partial charge in [0.15, 0.2) is 0 Å². The lowest BCUT2D eigenvalue weighted by atomic mass is 10.1. The van der Waals surface area contributed by atoms with E-state index in [-0.39, 0.29) is 25.2 Å². The van der Waals surface area contributed by atoms with E-state index in [0.29, 0.717) is 0 Å². The lowest BCUT2D eigenvalue weighted by Gasteiger charge is -2.03. The summed E-state index contributed by atoms with van der Waals surface area (Å²) in [5.41, 5.74) is 0. The number of carbonyl (C=O) groups excluding carboxylic acids is 2. The molecule has 1 unspecified atom stereocenters. The second-order valence-electron chi connectivity index (χ2n) is 2.53. The molecule has 0 heterocycles. The van der Waals surface area contributed by atoms with Gasteiger partial charge < -0.3 is 9.84 Å². The van der Waals surface area contributed by atoms with Gasteiger partial charge in [0.1, 0.15) is 12.2 Å². The van der Waals surface area contributed by atoms with Crippen LogP contribution in [0, 0.1) is 0 Å². The lowest BCUT2D eigenvalue weighted by molar-refractivity contribution is -0.145. The van der Waals surface area contributed by atoms with Crippen LogP contribution in [0.25, 0.3) is 0 Å². The summed E-state index contributed by atoms with van der Waals surface area (Å²) in [6, 6.07) is 0. The van der Waals surface area contributed by atoms with Crippen LogP contribution in [-0.4, -0.2) is 29.6 Å². The predicted octanol–water partition coefficient (Wildman–Crippen LogP) is 0.446. The number of carbonyl (C=O) groups is 2. The Hall–Kier alpha value is -1.16. The van der Waals surface area contributed by atoms with Crippen molar-refractivity contribution < 1.29 is 19.4 Å². The second-order valence-corrected chi connectivity index (χ2v) is 2.53. The smallest absolute Gasteiger partial charge is 0.313 e. The molecule has 13 heavy (non-hydrogen) atoms. The maximum Gasteiger partial charge on any atom is 0.313 e. The van der Waals surface area contributed by atoms with Crippen molar-refractivity contribution >= 4 is 11.8 Å². The fourth-order valence-corrected chi connectivity index (χ4v) is 0.762. The molecule has 0 saturated carbocycles. The molecule has 0 rings (SSSR count). The number of rotatable bonds is 6. The summed E-state index contributed by atoms with van der Waals surface area (Å²) in [6.45, 7) is 5.24. The van der Waals surface area contributed by atoms with Crippen LogP contribution in [0.2, 0.25) is 0 Å². The van der Waals surface area contributed by atoms with Crippen molar-refractivity contribution in [2.24, 2.45) is 0 Å². The summed E-state index contributed by atoms with van der Waals surface area (Å²) in [5.74, 6) is -0.894. The number of ether oxygens (including phenoxy) is 1. The highest BCUT2D eigenvalue weighted by Crippen LogP contribution is 1.98. The van der Waals surface area contributed by atoms with Crippen molar-refractivity contribution in [2.75, 3.05) is 6.61 Å². The fraction of sp³-hybridized carbons (Fsp3) is 0.556. The van der Waals surface area contributed by atoms with Crippen molar-refractivity contribution in [3.05, 3.63) is 12.7 Å². The van der Waals surface area contributed by atoms with Crippen LogP contribution in [0.15, 0.2) is 12.7 Å². The Morgan fingerprint density at radius 3 is 2.69 bits per heavy atom. The number of aliphatic hydroxyl groups excluding tert-OH is 1. The van der Waals surface area contributed by atoms with Crippen LogP contribution in [0.4, 0.5) is 0 Å². The Bertz CT molecular complexity index is 198. The van der Waals surface area contributed by atoms with E-state index in [1.165, 1.54) is 6.08 Å². The van der Waals surface area contributed by atoms with Crippen LogP contribution in [0.3, 0.4) is 0 Å². The molecule has 0 aliphatic carbocycles. The van der Waals surface area contributed by atoms with Gasteiger partial charge in [0.2, 0.25) is 0 Å². The minimum atomic E-state index is -0.873. The molecule has 0 bridgehead atoms. The molecule has 74 valence electrons. The van der Waals surface area contributed by atoms with Crippen LogP contribution >= 0.6 is 0 Å². The zero-order valence-electron chi connectivity index (χ0n) is 7.66. The van der Waals surface area contributed by atoms with E-state index in [1.54, 1.807) is 6.92 Å². The Labute approximate surface area is 77.2 Å². The number of ketones is 1. The number of hydrogen-bond donors (Lipinski definition) is 1. The van der Waals surface area contributed by atoms with Crippen LogP contribution < -0.4 is 0 Å². The molecule has 0 saturated heterocycles. The molecule has 0 fully saturated rings. The van der Waals surface area contributed by atoms with Crippen molar-refractivity contribution in [1.82, 2.24) is 0 Å². The molecule has 1 N–H and O–H groups in total. The fourth-order valence-electron chi connectivity index (χ4n) is 0.762. The molecular weight excluding hydrogens is 172 g/mol. The normalized spacial score (nSPS) is 11.8. The van der Waals surface area contributed by atoms with E-state index < -0.39 is 12.1 Å². The maximum absolute atomic E-state index is 11.0. The molecule has 1 atom stereocenters. The quantitative estimate of drug-likeness (QED) is 0.371. The number of aliphatic hydroxyl groups is 1. The molecular formula is C9H14O4. The Kier molecular flexibility index (Phi) is 5.80. The van der Waals surface area contributed by atoms with Crippen molar-refractivity contribution in [1.29, 1.82) is 0 Å². The molecule has 0 aromatic rings. The maximum atomic E-state index is 11.0. The van der Waals surface area contributed by atoms with Gasteiger partial charge in [-0.05, 0) is 6.92 Å². The summed E-state index contributed by atoms with van der Waals surface area (Å²) in [6.07, 6.45) is 0.0197. The number of hydrogen-bond acceptors (Lipinski definition) is 4. The average molecular weight is 186 g/mol. The zero-order valence-corrected chi connectivity index (χ0v) is 7.66. The summed E-state index contributed by atoms with van der Waals surface area (Å²) < 4.78 is 4.56. The van der Waals surface area contributed by atoms with E-state index in [0.717, 1.165) is 0 Å². The molecule has 0 spiro atoms. The van der Waals surface area contributed by atoms with Crippen LogP contribution in [-0.2, 0) is 14.3 Å². The van der Waals surface area contributed by atoms with Crippen molar-refractivity contribution in [3.63, 3.8) is 0 Å². The van der Waals surface area contributed by atoms with Gasteiger partial charge >= 0.3 is 5.97 Å². The van der Waals surface area contributed by atoms with Crippen LogP contribution in [0.5, 0.6) is 0 Å². The SMILES string of the molecule is C=CC(O)CC(=O)CC(=O)OCC. The van der Waals surface area contributed by atoms with Gasteiger partial charge in [-0.25, -0.2) is 0 Å². The lowest BCUT2D eigenvalue weighted by Crippen LogP contribution is -2.15. The second kappa shape index (κ2) is 6.37. The monoisotopic (exact) mass is 186 g/mol. The Morgan fingerprint density at radius 1 is 1.62 bits per heavy atom. The number of Topliss-reactive ketones (excluding diaryl/α,β-unsaturated/α-hetero) is 1. The molecule has 0 aromatic heterocycles. The molecule has 0 aromatic carbocycles. The first-order valence-corrected chi connectivity index (χ1v) is 4.08. The van der Waals surface area contributed by atoms with Crippen molar-refractivity contribution in [3.8, 4) is 0 Å². The van der Waals surface area contributed by atoms with Gasteiger partial charge in [0.05, 0.1) is 12.7 Å². The highest BCUT2D eigenvalue weighted by molar-refractivity contribution is 5.95. The zero-order chi connectivity index (χ0) is 10.3. The van der Waals surface area contributed by atoms with Gasteiger partial charge in [0.25, 0.3) is 0 Å². The van der Waals surface area contributed by atoms with Crippen LogP contribution in [0.1, 0.15) is 19.8 Å². The summed E-state index contributed by atoms with van der Waals surface area (Å²) in [4.78, 5) is 21.8. The first-order chi connectivity index (χ1) is 6.10. The van der Waals surface area contributed by atoms with Gasteiger partial charge in [-0.2, -0.15) is 0 Å². The Morgan fingerprint density at radius 2 is 2.23 bits per heavy atom. The molecule has 4 heteroatoms. The number of esters is 1. The van der Waals surface area contributed by atoms with E-state index in [1.807, 2.05) is 0 Å². The minimum Gasteiger partial charge on any atom is -0.466 e. The van der Waals surface area contributed by atoms with Gasteiger partial charge in [-0.15, -0.1) is 6.58 Å². The highest BCUT2D eigenvalue weighted by Gasteiger charge is 2.12. The molecule has 0 aliphatic rings. The van der Waals surface area contributed by atoms with E-state index in [9.17, 15) is 9.59 Å². The first-order valence-electron chi connectivity index (χ1n) is 4.08.